The van der Waals surface area contributed by atoms with Gasteiger partial charge >= 0.3 is 0 Å². The highest BCUT2D eigenvalue weighted by Gasteiger charge is 2.10. The van der Waals surface area contributed by atoms with E-state index in [4.69, 9.17) is 20.3 Å². The molecule has 0 aliphatic rings. The first-order valence-corrected chi connectivity index (χ1v) is 6.27. The number of nitrogens with two attached hydrogens (primary N) is 1. The fourth-order valence-corrected chi connectivity index (χ4v) is 1.67. The SMILES string of the molecule is Cc1cc(OCCOCCO)c(C(C)C)cc1N. The van der Waals surface area contributed by atoms with Gasteiger partial charge in [-0.15, -0.1) is 0 Å². The molecule has 4 heteroatoms. The predicted molar refractivity (Wildman–Crippen MR) is 73.1 cm³/mol. The van der Waals surface area contributed by atoms with Crippen LogP contribution in [0.4, 0.5) is 5.69 Å². The van der Waals surface area contributed by atoms with E-state index >= 15 is 0 Å². The van der Waals surface area contributed by atoms with Crippen LogP contribution in [0.5, 0.6) is 5.75 Å². The Morgan fingerprint density at radius 1 is 1.22 bits per heavy atom. The van der Waals surface area contributed by atoms with Crippen molar-refractivity contribution in [3.8, 4) is 5.75 Å². The predicted octanol–water partition coefficient (Wildman–Crippen LogP) is 2.09. The summed E-state index contributed by atoms with van der Waals surface area (Å²) in [6.45, 7) is 7.52. The summed E-state index contributed by atoms with van der Waals surface area (Å²) in [4.78, 5) is 0. The number of aryl methyl sites for hydroxylation is 1. The first-order valence-electron chi connectivity index (χ1n) is 6.27. The van der Waals surface area contributed by atoms with Gasteiger partial charge in [0.1, 0.15) is 12.4 Å². The molecule has 0 spiro atoms. The zero-order valence-electron chi connectivity index (χ0n) is 11.4. The third-order valence-electron chi connectivity index (χ3n) is 2.74. The fourth-order valence-electron chi connectivity index (χ4n) is 1.67. The lowest BCUT2D eigenvalue weighted by Gasteiger charge is -2.16. The zero-order chi connectivity index (χ0) is 13.5. The molecule has 0 unspecified atom stereocenters. The van der Waals surface area contributed by atoms with Gasteiger partial charge in [0.05, 0.1) is 19.8 Å². The highest BCUT2D eigenvalue weighted by atomic mass is 16.5. The lowest BCUT2D eigenvalue weighted by atomic mass is 9.99. The van der Waals surface area contributed by atoms with Crippen LogP contribution in [0.2, 0.25) is 0 Å². The van der Waals surface area contributed by atoms with Crippen molar-refractivity contribution in [3.05, 3.63) is 23.3 Å². The van der Waals surface area contributed by atoms with E-state index < -0.39 is 0 Å². The average molecular weight is 253 g/mol. The maximum Gasteiger partial charge on any atom is 0.123 e. The van der Waals surface area contributed by atoms with Gasteiger partial charge in [-0.3, -0.25) is 0 Å². The van der Waals surface area contributed by atoms with Gasteiger partial charge in [0.2, 0.25) is 0 Å². The Labute approximate surface area is 109 Å². The number of aliphatic hydroxyl groups is 1. The van der Waals surface area contributed by atoms with Gasteiger partial charge in [0.25, 0.3) is 0 Å². The minimum Gasteiger partial charge on any atom is -0.491 e. The molecule has 0 amide bonds. The van der Waals surface area contributed by atoms with Crippen LogP contribution < -0.4 is 10.5 Å². The van der Waals surface area contributed by atoms with Gasteiger partial charge in [-0.1, -0.05) is 13.8 Å². The number of hydrogen-bond donors (Lipinski definition) is 2. The number of benzene rings is 1. The second kappa shape index (κ2) is 7.24. The van der Waals surface area contributed by atoms with Crippen LogP contribution in [-0.2, 0) is 4.74 Å². The van der Waals surface area contributed by atoms with E-state index in [1.807, 2.05) is 19.1 Å². The smallest absolute Gasteiger partial charge is 0.123 e. The molecule has 0 radical (unpaired) electrons. The molecule has 0 aromatic heterocycles. The Kier molecular flexibility index (Phi) is 5.95. The molecule has 0 fully saturated rings. The first kappa shape index (κ1) is 14.8. The van der Waals surface area contributed by atoms with E-state index in [0.29, 0.717) is 25.7 Å². The molecule has 1 rings (SSSR count). The topological polar surface area (TPSA) is 64.7 Å². The molecule has 0 saturated carbocycles. The second-order valence-electron chi connectivity index (χ2n) is 4.59. The van der Waals surface area contributed by atoms with Gasteiger partial charge in [-0.2, -0.15) is 0 Å². The van der Waals surface area contributed by atoms with Crippen LogP contribution in [-0.4, -0.2) is 31.5 Å². The normalized spacial score (nSPS) is 10.9. The van der Waals surface area contributed by atoms with E-state index in [2.05, 4.69) is 13.8 Å². The van der Waals surface area contributed by atoms with Crippen LogP contribution in [0.25, 0.3) is 0 Å². The molecule has 0 atom stereocenters. The van der Waals surface area contributed by atoms with Crippen molar-refractivity contribution < 1.29 is 14.6 Å². The van der Waals surface area contributed by atoms with Crippen LogP contribution in [0.15, 0.2) is 12.1 Å². The van der Waals surface area contributed by atoms with Crippen molar-refractivity contribution in [3.63, 3.8) is 0 Å². The first-order chi connectivity index (χ1) is 8.56. The van der Waals surface area contributed by atoms with Gasteiger partial charge in [-0.05, 0) is 36.1 Å². The molecule has 0 aliphatic carbocycles. The van der Waals surface area contributed by atoms with Crippen molar-refractivity contribution in [1.29, 1.82) is 0 Å². The monoisotopic (exact) mass is 253 g/mol. The van der Waals surface area contributed by atoms with Crippen LogP contribution in [0.3, 0.4) is 0 Å². The van der Waals surface area contributed by atoms with Crippen molar-refractivity contribution in [1.82, 2.24) is 0 Å². The maximum atomic E-state index is 8.59. The molecular weight excluding hydrogens is 230 g/mol. The third kappa shape index (κ3) is 4.20. The highest BCUT2D eigenvalue weighted by Crippen LogP contribution is 2.30. The Hall–Kier alpha value is -1.26. The molecule has 0 aliphatic heterocycles. The van der Waals surface area contributed by atoms with Crippen molar-refractivity contribution in [2.24, 2.45) is 0 Å². The minimum absolute atomic E-state index is 0.0399. The lowest BCUT2D eigenvalue weighted by molar-refractivity contribution is 0.0702. The molecule has 18 heavy (non-hydrogen) atoms. The molecule has 0 bridgehead atoms. The quantitative estimate of drug-likeness (QED) is 0.577. The molecule has 3 N–H and O–H groups in total. The molecule has 102 valence electrons. The largest absolute Gasteiger partial charge is 0.491 e. The maximum absolute atomic E-state index is 8.59. The summed E-state index contributed by atoms with van der Waals surface area (Å²) < 4.78 is 10.9. The number of hydrogen-bond acceptors (Lipinski definition) is 4. The zero-order valence-corrected chi connectivity index (χ0v) is 11.4. The van der Waals surface area contributed by atoms with Crippen LogP contribution in [0, 0.1) is 6.92 Å². The van der Waals surface area contributed by atoms with E-state index in [1.54, 1.807) is 0 Å². The standard InChI is InChI=1S/C14H23NO3/c1-10(2)12-9-13(15)11(3)8-14(12)18-7-6-17-5-4-16/h8-10,16H,4-7,15H2,1-3H3. The van der Waals surface area contributed by atoms with Crippen LogP contribution in [0.1, 0.15) is 30.9 Å². The summed E-state index contributed by atoms with van der Waals surface area (Å²) in [6, 6.07) is 3.95. The average Bonchev–Trinajstić information content (AvgIpc) is 2.32. The number of rotatable bonds is 7. The van der Waals surface area contributed by atoms with E-state index in [0.717, 1.165) is 22.6 Å². The third-order valence-corrected chi connectivity index (χ3v) is 2.74. The van der Waals surface area contributed by atoms with Gasteiger partial charge in [0, 0.05) is 5.69 Å². The van der Waals surface area contributed by atoms with Crippen molar-refractivity contribution >= 4 is 5.69 Å². The summed E-state index contributed by atoms with van der Waals surface area (Å²) in [5.41, 5.74) is 8.84. The molecular formula is C14H23NO3. The fraction of sp³-hybridized carbons (Fsp3) is 0.571. The van der Waals surface area contributed by atoms with Gasteiger partial charge < -0.3 is 20.3 Å². The Morgan fingerprint density at radius 3 is 2.56 bits per heavy atom. The highest BCUT2D eigenvalue weighted by molar-refractivity contribution is 5.55. The Balaban J connectivity index is 2.65. The molecule has 4 nitrogen and oxygen atoms in total. The van der Waals surface area contributed by atoms with Gasteiger partial charge in [0.15, 0.2) is 0 Å². The van der Waals surface area contributed by atoms with E-state index in [9.17, 15) is 0 Å². The summed E-state index contributed by atoms with van der Waals surface area (Å²) in [6.07, 6.45) is 0. The van der Waals surface area contributed by atoms with Gasteiger partial charge in [-0.25, -0.2) is 0 Å². The molecule has 1 aromatic rings. The van der Waals surface area contributed by atoms with E-state index in [-0.39, 0.29) is 6.61 Å². The number of aliphatic hydroxyl groups excluding tert-OH is 1. The van der Waals surface area contributed by atoms with Crippen LogP contribution >= 0.6 is 0 Å². The number of anilines is 1. The Bertz CT molecular complexity index is 378. The summed E-state index contributed by atoms with van der Waals surface area (Å²) >= 11 is 0. The number of ether oxygens (including phenoxy) is 2. The molecule has 1 aromatic carbocycles. The number of nitrogen functional groups attached to an aromatic ring is 1. The lowest BCUT2D eigenvalue weighted by Crippen LogP contribution is -2.10. The van der Waals surface area contributed by atoms with E-state index in [1.165, 1.54) is 0 Å². The minimum atomic E-state index is 0.0399. The summed E-state index contributed by atoms with van der Waals surface area (Å²) in [7, 11) is 0. The molecule has 0 saturated heterocycles. The molecule has 0 heterocycles. The van der Waals surface area contributed by atoms with Crippen molar-refractivity contribution in [2.45, 2.75) is 26.7 Å². The summed E-state index contributed by atoms with van der Waals surface area (Å²) in [5, 5.41) is 8.59. The Morgan fingerprint density at radius 2 is 1.94 bits per heavy atom. The summed E-state index contributed by atoms with van der Waals surface area (Å²) in [5.74, 6) is 1.23. The van der Waals surface area contributed by atoms with Crippen molar-refractivity contribution in [2.75, 3.05) is 32.2 Å². The second-order valence-corrected chi connectivity index (χ2v) is 4.59.